The molecule has 4 rings (SSSR count). The number of carbonyl (C=O) groups excluding carboxylic acids is 4. The summed E-state index contributed by atoms with van der Waals surface area (Å²) in [6.07, 6.45) is -0.229. The molecule has 0 bridgehead atoms. The van der Waals surface area contributed by atoms with E-state index in [9.17, 15) is 29.1 Å². The lowest BCUT2D eigenvalue weighted by atomic mass is 10.0. The van der Waals surface area contributed by atoms with Gasteiger partial charge in [-0.2, -0.15) is 0 Å². The van der Waals surface area contributed by atoms with Crippen LogP contribution < -0.4 is 20.1 Å². The van der Waals surface area contributed by atoms with Gasteiger partial charge in [0.2, 0.25) is 11.7 Å². The number of hydrogen-bond acceptors (Lipinski definition) is 8. The summed E-state index contributed by atoms with van der Waals surface area (Å²) < 4.78 is 15.7. The average molecular weight is 752 g/mol. The normalized spacial score (nSPS) is 11.6. The molecule has 0 aromatic heterocycles. The lowest BCUT2D eigenvalue weighted by molar-refractivity contribution is -0.146. The van der Waals surface area contributed by atoms with Crippen LogP contribution in [0.3, 0.4) is 0 Å². The van der Waals surface area contributed by atoms with Crippen molar-refractivity contribution in [2.45, 2.75) is 58.9 Å². The average Bonchev–Trinajstić information content (AvgIpc) is 3.12. The van der Waals surface area contributed by atoms with Crippen LogP contribution in [-0.2, 0) is 43.5 Å². The molecule has 2 amide bonds. The number of rotatable bonds is 15. The summed E-state index contributed by atoms with van der Waals surface area (Å²) in [5, 5.41) is 14.8. The zero-order valence-corrected chi connectivity index (χ0v) is 30.4. The number of esters is 1. The Labute approximate surface area is 312 Å². The SMILES string of the molecule is CC(=O)C(=O)Oc1c(Cl)ccc(OCc2ccccc2)c1Cl.CC(C)C[C@H](NC(=O)OCc1ccccc1)C(=O)N[C@@H](Cc1ccccc1)C(=O)O. The van der Waals surface area contributed by atoms with Crippen molar-refractivity contribution in [3.8, 4) is 11.5 Å². The van der Waals surface area contributed by atoms with Crippen LogP contribution in [0.4, 0.5) is 4.79 Å². The highest BCUT2D eigenvalue weighted by Gasteiger charge is 2.28. The van der Waals surface area contributed by atoms with Crippen LogP contribution in [0.15, 0.2) is 103 Å². The Balaban J connectivity index is 0.000000294. The third kappa shape index (κ3) is 14.1. The number of ether oxygens (including phenoxy) is 3. The topological polar surface area (TPSA) is 157 Å². The van der Waals surface area contributed by atoms with Gasteiger partial charge >= 0.3 is 18.0 Å². The van der Waals surface area contributed by atoms with E-state index in [1.807, 2.05) is 92.7 Å². The Bertz CT molecular complexity index is 1790. The third-order valence-corrected chi connectivity index (χ3v) is 7.81. The molecule has 13 heteroatoms. The molecule has 0 saturated heterocycles. The Kier molecular flexibility index (Phi) is 16.6. The van der Waals surface area contributed by atoms with Crippen LogP contribution in [0.1, 0.15) is 43.9 Å². The minimum Gasteiger partial charge on any atom is -0.487 e. The quantitative estimate of drug-likeness (QED) is 0.0649. The highest BCUT2D eigenvalue weighted by molar-refractivity contribution is 6.39. The number of halogens is 2. The molecule has 0 aliphatic heterocycles. The van der Waals surface area contributed by atoms with Gasteiger partial charge in [-0.1, -0.05) is 128 Å². The molecule has 0 fully saturated rings. The number of Topliss-reactive ketones (excluding diaryl/α,β-unsaturated/α-hetero) is 1. The van der Waals surface area contributed by atoms with Gasteiger partial charge in [0.15, 0.2) is 5.75 Å². The molecule has 52 heavy (non-hydrogen) atoms. The summed E-state index contributed by atoms with van der Waals surface area (Å²) in [4.78, 5) is 58.9. The van der Waals surface area contributed by atoms with Gasteiger partial charge < -0.3 is 30.0 Å². The molecular weight excluding hydrogens is 711 g/mol. The van der Waals surface area contributed by atoms with E-state index in [1.54, 1.807) is 18.2 Å². The number of carbonyl (C=O) groups is 5. The molecule has 0 saturated carbocycles. The number of hydrogen-bond donors (Lipinski definition) is 3. The molecule has 0 spiro atoms. The minimum absolute atomic E-state index is 0.0398. The maximum absolute atomic E-state index is 12.7. The second kappa shape index (κ2) is 21.1. The van der Waals surface area contributed by atoms with Crippen molar-refractivity contribution in [3.63, 3.8) is 0 Å². The number of carboxylic acids is 1. The zero-order chi connectivity index (χ0) is 38.0. The molecule has 0 unspecified atom stereocenters. The monoisotopic (exact) mass is 750 g/mol. The smallest absolute Gasteiger partial charge is 0.408 e. The summed E-state index contributed by atoms with van der Waals surface area (Å²) in [5.41, 5.74) is 2.57. The van der Waals surface area contributed by atoms with Crippen molar-refractivity contribution in [3.05, 3.63) is 130 Å². The van der Waals surface area contributed by atoms with Gasteiger partial charge in [0.25, 0.3) is 0 Å². The minimum atomic E-state index is -1.14. The van der Waals surface area contributed by atoms with Gasteiger partial charge in [0.05, 0.1) is 5.02 Å². The molecule has 3 N–H and O–H groups in total. The Morgan fingerprint density at radius 3 is 1.77 bits per heavy atom. The maximum Gasteiger partial charge on any atom is 0.408 e. The summed E-state index contributed by atoms with van der Waals surface area (Å²) in [6, 6.07) is 28.8. The number of nitrogens with one attached hydrogen (secondary N) is 2. The third-order valence-electron chi connectivity index (χ3n) is 7.16. The summed E-state index contributed by atoms with van der Waals surface area (Å²) in [6.45, 7) is 5.29. The number of ketones is 1. The highest BCUT2D eigenvalue weighted by atomic mass is 35.5. The van der Waals surface area contributed by atoms with Crippen molar-refractivity contribution < 1.29 is 43.3 Å². The molecule has 0 aliphatic rings. The summed E-state index contributed by atoms with van der Waals surface area (Å²) in [7, 11) is 0. The van der Waals surface area contributed by atoms with E-state index in [0.717, 1.165) is 23.6 Å². The number of carboxylic acid groups (broad SMARTS) is 1. The molecule has 0 heterocycles. The predicted octanol–water partition coefficient (Wildman–Crippen LogP) is 7.21. The van der Waals surface area contributed by atoms with E-state index >= 15 is 0 Å². The Morgan fingerprint density at radius 2 is 1.25 bits per heavy atom. The summed E-state index contributed by atoms with van der Waals surface area (Å²) in [5.74, 6) is -3.15. The molecule has 4 aromatic rings. The van der Waals surface area contributed by atoms with Crippen molar-refractivity contribution in [2.75, 3.05) is 0 Å². The van der Waals surface area contributed by atoms with Gasteiger partial charge in [0.1, 0.15) is 36.1 Å². The van der Waals surface area contributed by atoms with Gasteiger partial charge in [0, 0.05) is 13.3 Å². The van der Waals surface area contributed by atoms with Crippen molar-refractivity contribution in [1.82, 2.24) is 10.6 Å². The van der Waals surface area contributed by atoms with Gasteiger partial charge in [-0.25, -0.2) is 14.4 Å². The van der Waals surface area contributed by atoms with E-state index in [1.165, 1.54) is 6.07 Å². The van der Waals surface area contributed by atoms with E-state index in [4.69, 9.17) is 37.4 Å². The zero-order valence-electron chi connectivity index (χ0n) is 28.8. The highest BCUT2D eigenvalue weighted by Crippen LogP contribution is 2.40. The van der Waals surface area contributed by atoms with E-state index in [2.05, 4.69) is 10.6 Å². The lowest BCUT2D eigenvalue weighted by Gasteiger charge is -2.22. The number of alkyl carbamates (subject to hydrolysis) is 1. The van der Waals surface area contributed by atoms with Gasteiger partial charge in [-0.3, -0.25) is 9.59 Å². The van der Waals surface area contributed by atoms with Gasteiger partial charge in [-0.05, 0) is 41.2 Å². The maximum atomic E-state index is 12.7. The largest absolute Gasteiger partial charge is 0.487 e. The van der Waals surface area contributed by atoms with Crippen molar-refractivity contribution in [2.24, 2.45) is 5.92 Å². The van der Waals surface area contributed by atoms with Crippen molar-refractivity contribution in [1.29, 1.82) is 0 Å². The van der Waals surface area contributed by atoms with Gasteiger partial charge in [-0.15, -0.1) is 0 Å². The second-order valence-corrected chi connectivity index (χ2v) is 12.7. The second-order valence-electron chi connectivity index (χ2n) is 11.9. The van der Waals surface area contributed by atoms with Crippen LogP contribution in [0.2, 0.25) is 10.0 Å². The van der Waals surface area contributed by atoms with Crippen LogP contribution >= 0.6 is 23.2 Å². The molecule has 274 valence electrons. The van der Waals surface area contributed by atoms with E-state index in [-0.39, 0.29) is 34.7 Å². The number of aliphatic carboxylic acids is 1. The molecule has 0 aliphatic carbocycles. The van der Waals surface area contributed by atoms with E-state index in [0.29, 0.717) is 18.8 Å². The number of amides is 2. The van der Waals surface area contributed by atoms with Crippen LogP contribution in [0.5, 0.6) is 11.5 Å². The Hall–Kier alpha value is -5.39. The lowest BCUT2D eigenvalue weighted by Crippen LogP contribution is -2.52. The molecule has 0 radical (unpaired) electrons. The fourth-order valence-corrected chi connectivity index (χ4v) is 5.05. The number of benzene rings is 4. The van der Waals surface area contributed by atoms with Crippen LogP contribution in [0.25, 0.3) is 0 Å². The predicted molar refractivity (Wildman–Crippen MR) is 196 cm³/mol. The van der Waals surface area contributed by atoms with E-state index < -0.39 is 41.8 Å². The molecular formula is C39H40Cl2N2O9. The first kappa shape index (κ1) is 41.0. The van der Waals surface area contributed by atoms with Crippen LogP contribution in [-0.4, -0.2) is 46.9 Å². The first-order valence-electron chi connectivity index (χ1n) is 16.3. The Morgan fingerprint density at radius 1 is 0.712 bits per heavy atom. The summed E-state index contributed by atoms with van der Waals surface area (Å²) >= 11 is 12.1. The standard InChI is InChI=1S/C23H28N2O5.C16H12Cl2O4/c1-16(2)13-19(25-23(29)30-15-18-11-7-4-8-12-18)21(26)24-20(22(27)28)14-17-9-5-3-6-10-17;1-10(19)16(20)22-15-12(17)7-8-13(14(15)18)21-9-11-5-3-2-4-6-11/h3-12,16,19-20H,13-15H2,1-2H3,(H,24,26)(H,25,29)(H,27,28);2-8H,9H2,1H3/t19-,20-;/m0./s1. The molecule has 2 atom stereocenters. The molecule has 4 aromatic carbocycles. The fraction of sp³-hybridized carbons (Fsp3) is 0.256. The van der Waals surface area contributed by atoms with Crippen LogP contribution in [0, 0.1) is 5.92 Å². The first-order chi connectivity index (χ1) is 24.8. The molecule has 11 nitrogen and oxygen atoms in total. The van der Waals surface area contributed by atoms with Crippen molar-refractivity contribution >= 4 is 52.9 Å². The first-order valence-corrected chi connectivity index (χ1v) is 17.0. The fourth-order valence-electron chi connectivity index (χ4n) is 4.55.